The minimum absolute atomic E-state index is 0.124. The summed E-state index contributed by atoms with van der Waals surface area (Å²) < 4.78 is 16.3. The molecule has 35 heavy (non-hydrogen) atoms. The monoisotopic (exact) mass is 484 g/mol. The average Bonchev–Trinajstić information content (AvgIpc) is 3.21. The van der Waals surface area contributed by atoms with Gasteiger partial charge in [-0.05, 0) is 51.0 Å². The first-order chi connectivity index (χ1) is 16.6. The van der Waals surface area contributed by atoms with Gasteiger partial charge in [-0.1, -0.05) is 6.07 Å². The molecule has 0 spiro atoms. The molecule has 0 fully saturated rings. The fourth-order valence-corrected chi connectivity index (χ4v) is 3.23. The molecule has 2 heterocycles. The third-order valence-corrected chi connectivity index (χ3v) is 4.63. The van der Waals surface area contributed by atoms with E-state index in [9.17, 15) is 14.9 Å². The predicted molar refractivity (Wildman–Crippen MR) is 127 cm³/mol. The van der Waals surface area contributed by atoms with Crippen molar-refractivity contribution < 1.29 is 23.9 Å². The summed E-state index contributed by atoms with van der Waals surface area (Å²) in [4.78, 5) is 28.8. The molecule has 0 aliphatic carbocycles. The van der Waals surface area contributed by atoms with Gasteiger partial charge >= 0.3 is 11.8 Å². The van der Waals surface area contributed by atoms with Gasteiger partial charge < -0.3 is 14.2 Å². The zero-order valence-corrected chi connectivity index (χ0v) is 20.3. The van der Waals surface area contributed by atoms with Gasteiger partial charge in [-0.2, -0.15) is 15.0 Å². The van der Waals surface area contributed by atoms with Crippen LogP contribution >= 0.6 is 0 Å². The molecule has 0 saturated carbocycles. The molecule has 0 radical (unpaired) electrons. The minimum Gasteiger partial charge on any atom is -0.490 e. The van der Waals surface area contributed by atoms with Crippen LogP contribution < -0.4 is 10.1 Å². The number of nitro groups is 1. The van der Waals surface area contributed by atoms with Gasteiger partial charge in [-0.25, -0.2) is 9.78 Å². The molecular weight excluding hydrogens is 456 g/mol. The number of ether oxygens (including phenoxy) is 3. The van der Waals surface area contributed by atoms with Crippen molar-refractivity contribution >= 4 is 17.6 Å². The first kappa shape index (κ1) is 25.6. The molecule has 0 aliphatic rings. The number of aromatic nitrogens is 4. The van der Waals surface area contributed by atoms with Crippen molar-refractivity contribution in [2.75, 3.05) is 19.0 Å². The van der Waals surface area contributed by atoms with Gasteiger partial charge in [0.1, 0.15) is 17.1 Å². The van der Waals surface area contributed by atoms with Crippen molar-refractivity contribution in [3.05, 3.63) is 57.9 Å². The largest absolute Gasteiger partial charge is 0.490 e. The molecule has 0 aliphatic heterocycles. The molecule has 186 valence electrons. The van der Waals surface area contributed by atoms with Crippen LogP contribution in [0.5, 0.6) is 5.75 Å². The lowest BCUT2D eigenvalue weighted by molar-refractivity contribution is -0.385. The number of benzene rings is 1. The van der Waals surface area contributed by atoms with E-state index in [1.165, 1.54) is 24.2 Å². The predicted octanol–water partition coefficient (Wildman–Crippen LogP) is 3.90. The number of hydrogen-bond donors (Lipinski definition) is 1. The van der Waals surface area contributed by atoms with Crippen LogP contribution in [-0.2, 0) is 29.5 Å². The number of nitrogens with one attached hydrogen (secondary N) is 1. The molecule has 2 aromatic heterocycles. The van der Waals surface area contributed by atoms with E-state index in [1.807, 2.05) is 0 Å². The SMILES string of the molecule is COc1c(-c2cnn(C)n2)cc(CCOCc2cccc(NC(=O)OC(C)(C)C)n2)cc1[N+](=O)[O-]. The van der Waals surface area contributed by atoms with E-state index >= 15 is 0 Å². The summed E-state index contributed by atoms with van der Waals surface area (Å²) in [5, 5.41) is 22.5. The topological polar surface area (TPSA) is 144 Å². The van der Waals surface area contributed by atoms with Gasteiger partial charge in [0.05, 0.1) is 42.7 Å². The van der Waals surface area contributed by atoms with Crippen molar-refractivity contribution in [1.29, 1.82) is 0 Å². The lowest BCUT2D eigenvalue weighted by atomic mass is 10.0. The maximum absolute atomic E-state index is 11.9. The second-order valence-electron chi connectivity index (χ2n) is 8.62. The summed E-state index contributed by atoms with van der Waals surface area (Å²) in [6, 6.07) is 8.41. The van der Waals surface area contributed by atoms with Gasteiger partial charge in [0.25, 0.3) is 0 Å². The molecule has 12 heteroatoms. The molecule has 0 bridgehead atoms. The van der Waals surface area contributed by atoms with E-state index in [1.54, 1.807) is 52.1 Å². The van der Waals surface area contributed by atoms with Crippen LogP contribution in [0.4, 0.5) is 16.3 Å². The molecular formula is C23H28N6O6. The van der Waals surface area contributed by atoms with Gasteiger partial charge in [0.2, 0.25) is 5.75 Å². The number of nitrogens with zero attached hydrogens (tertiary/aromatic N) is 5. The van der Waals surface area contributed by atoms with Crippen molar-refractivity contribution in [1.82, 2.24) is 20.0 Å². The first-order valence-electron chi connectivity index (χ1n) is 10.8. The molecule has 3 rings (SSSR count). The third-order valence-electron chi connectivity index (χ3n) is 4.63. The molecule has 0 atom stereocenters. The average molecular weight is 485 g/mol. The van der Waals surface area contributed by atoms with Gasteiger partial charge in [-0.3, -0.25) is 15.4 Å². The lowest BCUT2D eigenvalue weighted by Gasteiger charge is -2.19. The number of aryl methyl sites for hydroxylation is 1. The van der Waals surface area contributed by atoms with Crippen LogP contribution in [-0.4, -0.2) is 50.3 Å². The van der Waals surface area contributed by atoms with E-state index in [0.29, 0.717) is 34.8 Å². The van der Waals surface area contributed by atoms with Crippen LogP contribution in [0.25, 0.3) is 11.3 Å². The number of carbonyl (C=O) groups excluding carboxylic acids is 1. The summed E-state index contributed by atoms with van der Waals surface area (Å²) in [7, 11) is 3.04. The number of hydrogen-bond acceptors (Lipinski definition) is 9. The smallest absolute Gasteiger partial charge is 0.413 e. The summed E-state index contributed by atoms with van der Waals surface area (Å²) in [6.07, 6.45) is 1.34. The molecule has 0 unspecified atom stereocenters. The number of anilines is 1. The summed E-state index contributed by atoms with van der Waals surface area (Å²) in [5.41, 5.74) is 1.47. The van der Waals surface area contributed by atoms with E-state index in [2.05, 4.69) is 20.5 Å². The number of carbonyl (C=O) groups is 1. The van der Waals surface area contributed by atoms with E-state index < -0.39 is 16.6 Å². The molecule has 1 aromatic carbocycles. The Morgan fingerprint density at radius 1 is 1.26 bits per heavy atom. The number of amides is 1. The Balaban J connectivity index is 1.65. The highest BCUT2D eigenvalue weighted by molar-refractivity contribution is 5.83. The van der Waals surface area contributed by atoms with Gasteiger partial charge in [0.15, 0.2) is 0 Å². The van der Waals surface area contributed by atoms with Gasteiger partial charge in [-0.15, -0.1) is 0 Å². The highest BCUT2D eigenvalue weighted by Crippen LogP contribution is 2.38. The third kappa shape index (κ3) is 7.21. The van der Waals surface area contributed by atoms with E-state index in [4.69, 9.17) is 14.2 Å². The minimum atomic E-state index is -0.617. The van der Waals surface area contributed by atoms with Crippen molar-refractivity contribution in [2.45, 2.75) is 39.4 Å². The lowest BCUT2D eigenvalue weighted by Crippen LogP contribution is -2.27. The van der Waals surface area contributed by atoms with Crippen LogP contribution in [0.3, 0.4) is 0 Å². The summed E-state index contributed by atoms with van der Waals surface area (Å²) in [6.45, 7) is 5.81. The second kappa shape index (κ2) is 10.9. The normalized spacial score (nSPS) is 11.2. The number of nitro benzene ring substituents is 1. The van der Waals surface area contributed by atoms with Crippen molar-refractivity contribution in [3.8, 4) is 17.0 Å². The Bertz CT molecular complexity index is 1200. The summed E-state index contributed by atoms with van der Waals surface area (Å²) >= 11 is 0. The molecule has 3 aromatic rings. The fraction of sp³-hybridized carbons (Fsp3) is 0.391. The zero-order valence-electron chi connectivity index (χ0n) is 20.3. The van der Waals surface area contributed by atoms with Gasteiger partial charge in [0, 0.05) is 13.1 Å². The van der Waals surface area contributed by atoms with E-state index in [0.717, 1.165) is 0 Å². The first-order valence-corrected chi connectivity index (χ1v) is 10.8. The quantitative estimate of drug-likeness (QED) is 0.272. The van der Waals surface area contributed by atoms with Crippen molar-refractivity contribution in [2.24, 2.45) is 7.05 Å². The maximum atomic E-state index is 11.9. The van der Waals surface area contributed by atoms with Crippen molar-refractivity contribution in [3.63, 3.8) is 0 Å². The Hall–Kier alpha value is -4.06. The molecule has 12 nitrogen and oxygen atoms in total. The van der Waals surface area contributed by atoms with Crippen LogP contribution in [0, 0.1) is 10.1 Å². The fourth-order valence-electron chi connectivity index (χ4n) is 3.23. The highest BCUT2D eigenvalue weighted by atomic mass is 16.6. The van der Waals surface area contributed by atoms with Crippen LogP contribution in [0.15, 0.2) is 36.5 Å². The molecule has 0 saturated heterocycles. The number of pyridine rings is 1. The van der Waals surface area contributed by atoms with E-state index in [-0.39, 0.29) is 24.7 Å². The maximum Gasteiger partial charge on any atom is 0.413 e. The van der Waals surface area contributed by atoms with Crippen LogP contribution in [0.1, 0.15) is 32.0 Å². The summed E-state index contributed by atoms with van der Waals surface area (Å²) in [5.74, 6) is 0.471. The Kier molecular flexibility index (Phi) is 7.97. The Labute approximate surface area is 202 Å². The number of rotatable bonds is 9. The van der Waals surface area contributed by atoms with Crippen LogP contribution in [0.2, 0.25) is 0 Å². The molecule has 1 amide bonds. The zero-order chi connectivity index (χ0) is 25.6. The number of methoxy groups -OCH3 is 1. The Morgan fingerprint density at radius 3 is 2.66 bits per heavy atom. The Morgan fingerprint density at radius 2 is 2.03 bits per heavy atom. The molecule has 1 N–H and O–H groups in total. The standard InChI is InChI=1S/C23H28N6O6/c1-23(2,3)35-22(30)26-20-8-6-7-16(25-20)14-34-10-9-15-11-17(18-13-24-28(4)27-18)21(33-5)19(12-15)29(31)32/h6-8,11-13H,9-10,14H2,1-5H3,(H,25,26,30). The highest BCUT2D eigenvalue weighted by Gasteiger charge is 2.23. The second-order valence-corrected chi connectivity index (χ2v) is 8.62.